The molecule has 2 N–H and O–H groups in total. The van der Waals surface area contributed by atoms with Gasteiger partial charge < -0.3 is 15.1 Å². The molecule has 1 aliphatic carbocycles. The summed E-state index contributed by atoms with van der Waals surface area (Å²) in [5, 5.41) is 5.97. The lowest BCUT2D eigenvalue weighted by Crippen LogP contribution is -2.53. The third kappa shape index (κ3) is 9.39. The van der Waals surface area contributed by atoms with Gasteiger partial charge >= 0.3 is 0 Å². The molecule has 1 fully saturated rings. The molecule has 32 heavy (non-hydrogen) atoms. The van der Waals surface area contributed by atoms with E-state index in [4.69, 9.17) is 4.42 Å². The van der Waals surface area contributed by atoms with Crippen molar-refractivity contribution >= 4 is 29.4 Å². The molecule has 2 atom stereocenters. The van der Waals surface area contributed by atoms with E-state index in [1.54, 1.807) is 6.26 Å². The first-order chi connectivity index (χ1) is 15.4. The highest BCUT2D eigenvalue weighted by Gasteiger charge is 2.29. The average molecular weight is 465 g/mol. The van der Waals surface area contributed by atoms with Gasteiger partial charge in [0.05, 0.1) is 23.8 Å². The van der Waals surface area contributed by atoms with E-state index in [1.165, 1.54) is 18.2 Å². The molecular weight excluding hydrogens is 424 g/mol. The number of Topliss-reactive ketones (excluding diaryl/α,β-unsaturated/α-hetero) is 1. The van der Waals surface area contributed by atoms with Crippen LogP contribution in [0, 0.1) is 11.8 Å². The van der Waals surface area contributed by atoms with Gasteiger partial charge in [0.15, 0.2) is 5.78 Å². The molecule has 2 rings (SSSR count). The van der Waals surface area contributed by atoms with E-state index in [1.807, 2.05) is 26.0 Å². The molecule has 0 aliphatic heterocycles. The number of hydrogen-bond acceptors (Lipinski definition) is 5. The molecule has 0 bridgehead atoms. The Morgan fingerprint density at radius 3 is 2.50 bits per heavy atom. The van der Waals surface area contributed by atoms with Crippen LogP contribution in [0.2, 0.25) is 0 Å². The van der Waals surface area contributed by atoms with Crippen molar-refractivity contribution in [2.45, 2.75) is 96.4 Å². The summed E-state index contributed by atoms with van der Waals surface area (Å²) in [5.74, 6) is 1.79. The Balaban J connectivity index is 1.95. The van der Waals surface area contributed by atoms with Crippen LogP contribution < -0.4 is 10.6 Å². The summed E-state index contributed by atoms with van der Waals surface area (Å²) in [7, 11) is 0. The second-order valence-corrected chi connectivity index (χ2v) is 10.3. The number of furan rings is 1. The van der Waals surface area contributed by atoms with Gasteiger partial charge in [-0.15, -0.1) is 11.8 Å². The molecule has 1 aromatic heterocycles. The van der Waals surface area contributed by atoms with Gasteiger partial charge in [0.25, 0.3) is 0 Å². The van der Waals surface area contributed by atoms with E-state index in [0.717, 1.165) is 44.3 Å². The third-order valence-electron chi connectivity index (χ3n) is 5.94. The Morgan fingerprint density at radius 2 is 1.88 bits per heavy atom. The van der Waals surface area contributed by atoms with E-state index in [-0.39, 0.29) is 29.4 Å². The lowest BCUT2D eigenvalue weighted by molar-refractivity contribution is -0.133. The van der Waals surface area contributed by atoms with Crippen LogP contribution in [0.5, 0.6) is 0 Å². The minimum absolute atomic E-state index is 0.00160. The third-order valence-corrected chi connectivity index (χ3v) is 6.91. The van der Waals surface area contributed by atoms with Crippen LogP contribution in [0.4, 0.5) is 0 Å². The molecule has 1 aliphatic rings. The van der Waals surface area contributed by atoms with Gasteiger partial charge in [0.2, 0.25) is 11.8 Å². The van der Waals surface area contributed by atoms with Crippen molar-refractivity contribution in [2.24, 2.45) is 11.8 Å². The van der Waals surface area contributed by atoms with Gasteiger partial charge in [-0.05, 0) is 43.7 Å². The number of rotatable bonds is 14. The van der Waals surface area contributed by atoms with Crippen molar-refractivity contribution in [3.63, 3.8) is 0 Å². The maximum Gasteiger partial charge on any atom is 0.243 e. The van der Waals surface area contributed by atoms with Crippen molar-refractivity contribution in [1.29, 1.82) is 0 Å². The SMILES string of the molecule is CCCC[C@H](NC(=O)[C@H](CC(C)C)NC(=O)C1CCCCC1)C(=O)CSCc1ccco1. The van der Waals surface area contributed by atoms with Gasteiger partial charge in [-0.3, -0.25) is 14.4 Å². The normalized spacial score (nSPS) is 16.5. The maximum atomic E-state index is 13.1. The number of unbranched alkanes of at least 4 members (excludes halogenated alkanes) is 1. The largest absolute Gasteiger partial charge is 0.468 e. The van der Waals surface area contributed by atoms with Crippen molar-refractivity contribution in [1.82, 2.24) is 10.6 Å². The van der Waals surface area contributed by atoms with E-state index < -0.39 is 12.1 Å². The Bertz CT molecular complexity index is 699. The topological polar surface area (TPSA) is 88.4 Å². The summed E-state index contributed by atoms with van der Waals surface area (Å²) in [4.78, 5) is 38.8. The van der Waals surface area contributed by atoms with Gasteiger partial charge in [0.1, 0.15) is 11.8 Å². The quantitative estimate of drug-likeness (QED) is 0.410. The number of carbonyl (C=O) groups excluding carboxylic acids is 3. The monoisotopic (exact) mass is 464 g/mol. The first kappa shape index (κ1) is 26.5. The standard InChI is InChI=1S/C25H40N2O4S/c1-4-5-13-21(23(28)17-32-16-20-12-9-14-31-20)26-25(30)22(15-18(2)3)27-24(29)19-10-7-6-8-11-19/h9,12,14,18-19,21-22H,4-8,10-11,13,15-17H2,1-3H3,(H,26,30)(H,27,29)/t21-,22-/m0/s1. The molecule has 0 spiro atoms. The van der Waals surface area contributed by atoms with Gasteiger partial charge in [-0.2, -0.15) is 0 Å². The number of thioether (sulfide) groups is 1. The number of hydrogen-bond donors (Lipinski definition) is 2. The second-order valence-electron chi connectivity index (χ2n) is 9.27. The zero-order chi connectivity index (χ0) is 23.3. The second kappa shape index (κ2) is 14.4. The molecule has 1 saturated carbocycles. The first-order valence-corrected chi connectivity index (χ1v) is 13.3. The molecule has 7 heteroatoms. The van der Waals surface area contributed by atoms with Crippen LogP contribution in [0.25, 0.3) is 0 Å². The maximum absolute atomic E-state index is 13.1. The average Bonchev–Trinajstić information content (AvgIpc) is 3.29. The number of amides is 2. The van der Waals surface area contributed by atoms with Crippen molar-refractivity contribution in [2.75, 3.05) is 5.75 Å². The Kier molecular flexibility index (Phi) is 11.9. The van der Waals surface area contributed by atoms with Crippen LogP contribution in [0.3, 0.4) is 0 Å². The van der Waals surface area contributed by atoms with Crippen LogP contribution >= 0.6 is 11.8 Å². The summed E-state index contributed by atoms with van der Waals surface area (Å²) in [6, 6.07) is 2.60. The number of nitrogens with one attached hydrogen (secondary N) is 2. The summed E-state index contributed by atoms with van der Waals surface area (Å²) in [6.07, 6.45) is 9.73. The highest BCUT2D eigenvalue weighted by molar-refractivity contribution is 7.99. The minimum Gasteiger partial charge on any atom is -0.468 e. The molecular formula is C25H40N2O4S. The predicted molar refractivity (Wildman–Crippen MR) is 129 cm³/mol. The predicted octanol–water partition coefficient (Wildman–Crippen LogP) is 4.87. The van der Waals surface area contributed by atoms with Crippen molar-refractivity contribution < 1.29 is 18.8 Å². The molecule has 180 valence electrons. The van der Waals surface area contributed by atoms with Crippen molar-refractivity contribution in [3.05, 3.63) is 24.2 Å². The molecule has 1 heterocycles. The fourth-order valence-electron chi connectivity index (χ4n) is 4.10. The van der Waals surface area contributed by atoms with Gasteiger partial charge in [0, 0.05) is 5.92 Å². The Morgan fingerprint density at radius 1 is 1.12 bits per heavy atom. The smallest absolute Gasteiger partial charge is 0.243 e. The van der Waals surface area contributed by atoms with Crippen molar-refractivity contribution in [3.8, 4) is 0 Å². The summed E-state index contributed by atoms with van der Waals surface area (Å²) < 4.78 is 5.32. The van der Waals surface area contributed by atoms with Crippen LogP contribution in [0.1, 0.15) is 84.3 Å². The van der Waals surface area contributed by atoms with Gasteiger partial charge in [-0.1, -0.05) is 52.9 Å². The fourth-order valence-corrected chi connectivity index (χ4v) is 4.97. The van der Waals surface area contributed by atoms with Crippen LogP contribution in [-0.2, 0) is 20.1 Å². The zero-order valence-corrected chi connectivity index (χ0v) is 20.7. The molecule has 0 radical (unpaired) electrons. The Hall–Kier alpha value is -1.76. The Labute approximate surface area is 197 Å². The number of carbonyl (C=O) groups is 3. The highest BCUT2D eigenvalue weighted by atomic mass is 32.2. The highest BCUT2D eigenvalue weighted by Crippen LogP contribution is 2.24. The van der Waals surface area contributed by atoms with Crippen LogP contribution in [-0.4, -0.2) is 35.4 Å². The fraction of sp³-hybridized carbons (Fsp3) is 0.720. The zero-order valence-electron chi connectivity index (χ0n) is 19.9. The van der Waals surface area contributed by atoms with Crippen LogP contribution in [0.15, 0.2) is 22.8 Å². The van der Waals surface area contributed by atoms with E-state index in [9.17, 15) is 14.4 Å². The lowest BCUT2D eigenvalue weighted by Gasteiger charge is -2.27. The molecule has 6 nitrogen and oxygen atoms in total. The lowest BCUT2D eigenvalue weighted by atomic mass is 9.88. The summed E-state index contributed by atoms with van der Waals surface area (Å²) >= 11 is 1.49. The molecule has 0 aromatic carbocycles. The molecule has 2 amide bonds. The minimum atomic E-state index is -0.600. The summed E-state index contributed by atoms with van der Waals surface area (Å²) in [5.41, 5.74) is 0. The summed E-state index contributed by atoms with van der Waals surface area (Å²) in [6.45, 7) is 6.15. The molecule has 1 aromatic rings. The number of ketones is 1. The molecule has 0 saturated heterocycles. The van der Waals surface area contributed by atoms with Gasteiger partial charge in [-0.25, -0.2) is 0 Å². The molecule has 0 unspecified atom stereocenters. The van der Waals surface area contributed by atoms with E-state index in [2.05, 4.69) is 17.6 Å². The van der Waals surface area contributed by atoms with E-state index >= 15 is 0 Å². The van der Waals surface area contributed by atoms with E-state index in [0.29, 0.717) is 24.3 Å². The first-order valence-electron chi connectivity index (χ1n) is 12.1.